The number of carbonyl (C=O) groups excluding carboxylic acids is 1. The van der Waals surface area contributed by atoms with Crippen LogP contribution >= 0.6 is 0 Å². The zero-order chi connectivity index (χ0) is 16.4. The highest BCUT2D eigenvalue weighted by atomic mass is 16.4. The van der Waals surface area contributed by atoms with Crippen molar-refractivity contribution < 1.29 is 14.7 Å². The van der Waals surface area contributed by atoms with Crippen molar-refractivity contribution >= 4 is 22.8 Å². The van der Waals surface area contributed by atoms with Crippen molar-refractivity contribution in [3.63, 3.8) is 0 Å². The van der Waals surface area contributed by atoms with E-state index in [2.05, 4.69) is 10.3 Å². The second kappa shape index (κ2) is 6.15. The van der Waals surface area contributed by atoms with E-state index >= 15 is 0 Å². The number of hydrogen-bond acceptors (Lipinski definition) is 5. The summed E-state index contributed by atoms with van der Waals surface area (Å²) in [6, 6.07) is 6.89. The maximum absolute atomic E-state index is 12.3. The van der Waals surface area contributed by atoms with Gasteiger partial charge in [0, 0.05) is 19.5 Å². The first-order chi connectivity index (χ1) is 11.1. The number of nitrogens with zero attached hydrogens (tertiary/aromatic N) is 4. The molecule has 3 rings (SSSR count). The van der Waals surface area contributed by atoms with Gasteiger partial charge in [-0.25, -0.2) is 4.68 Å². The van der Waals surface area contributed by atoms with E-state index < -0.39 is 11.9 Å². The summed E-state index contributed by atoms with van der Waals surface area (Å²) in [4.78, 5) is 36.8. The van der Waals surface area contributed by atoms with Gasteiger partial charge >= 0.3 is 5.97 Å². The van der Waals surface area contributed by atoms with Gasteiger partial charge in [0.2, 0.25) is 5.91 Å². The van der Waals surface area contributed by atoms with Crippen molar-refractivity contribution in [3.8, 4) is 0 Å². The van der Waals surface area contributed by atoms with Gasteiger partial charge in [-0.3, -0.25) is 14.4 Å². The van der Waals surface area contributed by atoms with Crippen molar-refractivity contribution in [1.29, 1.82) is 0 Å². The molecule has 1 aromatic heterocycles. The van der Waals surface area contributed by atoms with Crippen molar-refractivity contribution in [3.05, 3.63) is 34.6 Å². The summed E-state index contributed by atoms with van der Waals surface area (Å²) in [6.45, 7) is 0.796. The summed E-state index contributed by atoms with van der Waals surface area (Å²) < 4.78 is 1.17. The average Bonchev–Trinajstić information content (AvgIpc) is 3.04. The molecule has 8 heteroatoms. The minimum Gasteiger partial charge on any atom is -0.481 e. The Kier molecular flexibility index (Phi) is 4.05. The number of aliphatic carboxylic acids is 1. The van der Waals surface area contributed by atoms with E-state index in [4.69, 9.17) is 5.11 Å². The highest BCUT2D eigenvalue weighted by Crippen LogP contribution is 2.17. The molecule has 1 aliphatic heterocycles. The molecule has 1 unspecified atom stereocenters. The number of fused-ring (bicyclic) bond motifs is 1. The largest absolute Gasteiger partial charge is 0.481 e. The Morgan fingerprint density at radius 2 is 2.09 bits per heavy atom. The first-order valence-corrected chi connectivity index (χ1v) is 7.39. The van der Waals surface area contributed by atoms with Crippen LogP contribution in [0.15, 0.2) is 29.1 Å². The first kappa shape index (κ1) is 15.1. The zero-order valence-corrected chi connectivity index (χ0v) is 12.4. The van der Waals surface area contributed by atoms with Crippen LogP contribution in [0.3, 0.4) is 0 Å². The summed E-state index contributed by atoms with van der Waals surface area (Å²) >= 11 is 0. The fourth-order valence-corrected chi connectivity index (χ4v) is 2.72. The monoisotopic (exact) mass is 316 g/mol. The van der Waals surface area contributed by atoms with Crippen LogP contribution in [-0.2, 0) is 16.1 Å². The van der Waals surface area contributed by atoms with Crippen LogP contribution < -0.4 is 5.56 Å². The normalized spacial score (nSPS) is 17.6. The maximum atomic E-state index is 12.3. The molecule has 1 fully saturated rings. The summed E-state index contributed by atoms with van der Waals surface area (Å²) in [5.41, 5.74) is 0.233. The van der Waals surface area contributed by atoms with Crippen molar-refractivity contribution in [2.24, 2.45) is 5.92 Å². The zero-order valence-electron chi connectivity index (χ0n) is 12.4. The summed E-state index contributed by atoms with van der Waals surface area (Å²) in [6.07, 6.45) is 0.566. The Hall–Kier alpha value is -2.77. The van der Waals surface area contributed by atoms with Crippen LogP contribution in [-0.4, -0.2) is 50.0 Å². The van der Waals surface area contributed by atoms with Gasteiger partial charge in [0.05, 0.1) is 17.8 Å². The molecule has 23 heavy (non-hydrogen) atoms. The lowest BCUT2D eigenvalue weighted by Crippen LogP contribution is -2.32. The smallest absolute Gasteiger partial charge is 0.308 e. The van der Waals surface area contributed by atoms with E-state index in [1.165, 1.54) is 9.58 Å². The van der Waals surface area contributed by atoms with Gasteiger partial charge in [0.1, 0.15) is 5.52 Å². The molecule has 120 valence electrons. The number of amides is 1. The topological polar surface area (TPSA) is 105 Å². The van der Waals surface area contributed by atoms with Crippen LogP contribution in [0.1, 0.15) is 12.8 Å². The summed E-state index contributed by atoms with van der Waals surface area (Å²) in [5, 5.41) is 17.2. The predicted molar refractivity (Wildman–Crippen MR) is 80.7 cm³/mol. The van der Waals surface area contributed by atoms with E-state index in [-0.39, 0.29) is 31.0 Å². The Bertz CT molecular complexity index is 816. The maximum Gasteiger partial charge on any atom is 0.308 e. The molecule has 0 bridgehead atoms. The van der Waals surface area contributed by atoms with Gasteiger partial charge in [-0.15, -0.1) is 5.10 Å². The van der Waals surface area contributed by atoms with Crippen LogP contribution in [0.5, 0.6) is 0 Å². The van der Waals surface area contributed by atoms with Gasteiger partial charge in [0.15, 0.2) is 0 Å². The number of carboxylic acid groups (broad SMARTS) is 1. The van der Waals surface area contributed by atoms with Gasteiger partial charge in [0.25, 0.3) is 5.56 Å². The highest BCUT2D eigenvalue weighted by molar-refractivity contribution is 5.79. The van der Waals surface area contributed by atoms with Gasteiger partial charge in [-0.05, 0) is 18.6 Å². The van der Waals surface area contributed by atoms with Crippen molar-refractivity contribution in [2.45, 2.75) is 19.4 Å². The van der Waals surface area contributed by atoms with Crippen LogP contribution in [0.25, 0.3) is 10.9 Å². The van der Waals surface area contributed by atoms with E-state index in [1.54, 1.807) is 24.3 Å². The number of rotatable bonds is 4. The summed E-state index contributed by atoms with van der Waals surface area (Å²) in [7, 11) is 0. The third kappa shape index (κ3) is 3.05. The predicted octanol–water partition coefficient (Wildman–Crippen LogP) is 0.115. The molecule has 1 aromatic carbocycles. The van der Waals surface area contributed by atoms with Crippen LogP contribution in [0, 0.1) is 5.92 Å². The molecule has 1 N–H and O–H groups in total. The molecule has 1 atom stereocenters. The van der Waals surface area contributed by atoms with Crippen LogP contribution in [0.2, 0.25) is 0 Å². The lowest BCUT2D eigenvalue weighted by Gasteiger charge is -2.15. The van der Waals surface area contributed by atoms with Gasteiger partial charge in [-0.1, -0.05) is 17.3 Å². The number of aromatic nitrogens is 3. The molecule has 1 amide bonds. The van der Waals surface area contributed by atoms with E-state index in [0.717, 1.165) is 0 Å². The standard InChI is InChI=1S/C15H16N4O4/c20-13(18-7-5-10(9-18)15(22)23)6-8-19-14(21)11-3-1-2-4-12(11)16-17-19/h1-4,10H,5-9H2,(H,22,23). The number of carboxylic acids is 1. The number of hydrogen-bond donors (Lipinski definition) is 1. The quantitative estimate of drug-likeness (QED) is 0.858. The second-order valence-electron chi connectivity index (χ2n) is 5.55. The van der Waals surface area contributed by atoms with Crippen molar-refractivity contribution in [1.82, 2.24) is 19.9 Å². The fourth-order valence-electron chi connectivity index (χ4n) is 2.72. The molecular weight excluding hydrogens is 300 g/mol. The molecule has 0 radical (unpaired) electrons. The lowest BCUT2D eigenvalue weighted by molar-refractivity contribution is -0.141. The molecule has 0 spiro atoms. The van der Waals surface area contributed by atoms with Crippen molar-refractivity contribution in [2.75, 3.05) is 13.1 Å². The van der Waals surface area contributed by atoms with Crippen LogP contribution in [0.4, 0.5) is 0 Å². The summed E-state index contributed by atoms with van der Waals surface area (Å²) in [5.74, 6) is -1.55. The molecule has 8 nitrogen and oxygen atoms in total. The Labute approximate surface area is 131 Å². The number of carbonyl (C=O) groups is 2. The Balaban J connectivity index is 1.67. The molecule has 1 saturated heterocycles. The third-order valence-corrected chi connectivity index (χ3v) is 4.06. The van der Waals surface area contributed by atoms with Gasteiger partial charge < -0.3 is 10.0 Å². The minimum atomic E-state index is -0.878. The number of likely N-dealkylation sites (tertiary alicyclic amines) is 1. The molecule has 2 heterocycles. The van der Waals surface area contributed by atoms with Gasteiger partial charge in [-0.2, -0.15) is 0 Å². The van der Waals surface area contributed by atoms with E-state index in [9.17, 15) is 14.4 Å². The SMILES string of the molecule is O=C(O)C1CCN(C(=O)CCn2nnc3ccccc3c2=O)C1. The fraction of sp³-hybridized carbons (Fsp3) is 0.400. The number of aryl methyl sites for hydroxylation is 1. The lowest BCUT2D eigenvalue weighted by atomic mass is 10.1. The minimum absolute atomic E-state index is 0.0965. The molecule has 0 aliphatic carbocycles. The average molecular weight is 316 g/mol. The highest BCUT2D eigenvalue weighted by Gasteiger charge is 2.30. The van der Waals surface area contributed by atoms with E-state index in [0.29, 0.717) is 23.9 Å². The third-order valence-electron chi connectivity index (χ3n) is 4.06. The Morgan fingerprint density at radius 3 is 2.83 bits per heavy atom. The van der Waals surface area contributed by atoms with E-state index in [1.807, 2.05) is 0 Å². The molecule has 2 aromatic rings. The molecule has 1 aliphatic rings. The first-order valence-electron chi connectivity index (χ1n) is 7.39. The Morgan fingerprint density at radius 1 is 1.30 bits per heavy atom. The molecular formula is C15H16N4O4. The second-order valence-corrected chi connectivity index (χ2v) is 5.55. The number of benzene rings is 1. The molecule has 0 saturated carbocycles.